The van der Waals surface area contributed by atoms with Crippen LogP contribution < -0.4 is 15.4 Å². The van der Waals surface area contributed by atoms with Crippen LogP contribution in [0.4, 0.5) is 11.4 Å². The van der Waals surface area contributed by atoms with Gasteiger partial charge >= 0.3 is 0 Å². The molecule has 0 heterocycles. The Morgan fingerprint density at radius 1 is 1.00 bits per heavy atom. The average Bonchev–Trinajstić information content (AvgIpc) is 3.43. The van der Waals surface area contributed by atoms with Gasteiger partial charge in [0.15, 0.2) is 0 Å². The normalized spacial score (nSPS) is 18.3. The molecule has 2 aromatic rings. The molecule has 0 radical (unpaired) electrons. The molecule has 1 aliphatic carbocycles. The molecule has 2 atom stereocenters. The first-order valence-electron chi connectivity index (χ1n) is 8.84. The molecule has 2 N–H and O–H groups in total. The highest BCUT2D eigenvalue weighted by Crippen LogP contribution is 2.40. The number of rotatable bonds is 6. The van der Waals surface area contributed by atoms with Gasteiger partial charge in [-0.3, -0.25) is 9.59 Å². The lowest BCUT2D eigenvalue weighted by Gasteiger charge is -2.13. The van der Waals surface area contributed by atoms with Crippen molar-refractivity contribution in [2.24, 2.45) is 11.8 Å². The average molecular weight is 352 g/mol. The van der Waals surface area contributed by atoms with E-state index in [4.69, 9.17) is 4.74 Å². The molecule has 2 unspecified atom stereocenters. The molecule has 2 amide bonds. The summed E-state index contributed by atoms with van der Waals surface area (Å²) in [6.07, 6.45) is 0.575. The van der Waals surface area contributed by atoms with Crippen molar-refractivity contribution in [3.8, 4) is 5.75 Å². The molecule has 3 rings (SSSR count). The van der Waals surface area contributed by atoms with Gasteiger partial charge in [-0.05, 0) is 36.1 Å². The summed E-state index contributed by atoms with van der Waals surface area (Å²) < 4.78 is 5.15. The van der Waals surface area contributed by atoms with Crippen molar-refractivity contribution in [1.82, 2.24) is 0 Å². The number of carbonyl (C=O) groups is 2. The number of anilines is 2. The van der Waals surface area contributed by atoms with Crippen LogP contribution >= 0.6 is 0 Å². The van der Waals surface area contributed by atoms with Gasteiger partial charge in [0.25, 0.3) is 0 Å². The lowest BCUT2D eigenvalue weighted by atomic mass is 10.0. The molecular formula is C21H24N2O3. The molecule has 0 saturated heterocycles. The monoisotopic (exact) mass is 352 g/mol. The minimum absolute atomic E-state index is 0.0936. The Hall–Kier alpha value is -2.82. The van der Waals surface area contributed by atoms with Crippen LogP contribution in [0.2, 0.25) is 0 Å². The summed E-state index contributed by atoms with van der Waals surface area (Å²) in [6, 6.07) is 15.0. The fourth-order valence-corrected chi connectivity index (χ4v) is 3.05. The smallest absolute Gasteiger partial charge is 0.228 e. The minimum atomic E-state index is -0.285. The zero-order valence-electron chi connectivity index (χ0n) is 15.3. The third-order valence-corrected chi connectivity index (χ3v) is 4.64. The lowest BCUT2D eigenvalue weighted by Crippen LogP contribution is -2.21. The number of ether oxygens (including phenoxy) is 1. The SMILES string of the molecule is COc1cccc(NC(=O)C2CC2C(=O)Nc2ccccc2C(C)C)c1. The zero-order valence-corrected chi connectivity index (χ0v) is 15.3. The number of hydrogen-bond donors (Lipinski definition) is 2. The van der Waals surface area contributed by atoms with Crippen molar-refractivity contribution in [3.63, 3.8) is 0 Å². The first-order valence-corrected chi connectivity index (χ1v) is 8.84. The van der Waals surface area contributed by atoms with E-state index in [2.05, 4.69) is 24.5 Å². The largest absolute Gasteiger partial charge is 0.497 e. The fourth-order valence-electron chi connectivity index (χ4n) is 3.05. The maximum Gasteiger partial charge on any atom is 0.228 e. The first kappa shape index (κ1) is 18.0. The Kier molecular flexibility index (Phi) is 5.26. The third-order valence-electron chi connectivity index (χ3n) is 4.64. The number of methoxy groups -OCH3 is 1. The van der Waals surface area contributed by atoms with Crippen LogP contribution in [0.1, 0.15) is 31.7 Å². The van der Waals surface area contributed by atoms with E-state index >= 15 is 0 Å². The number of hydrogen-bond acceptors (Lipinski definition) is 3. The molecule has 136 valence electrons. The summed E-state index contributed by atoms with van der Waals surface area (Å²) in [6.45, 7) is 4.18. The van der Waals surface area contributed by atoms with Gasteiger partial charge in [0.05, 0.1) is 18.9 Å². The Balaban J connectivity index is 1.59. The van der Waals surface area contributed by atoms with Crippen LogP contribution in [-0.2, 0) is 9.59 Å². The van der Waals surface area contributed by atoms with Crippen molar-refractivity contribution in [2.45, 2.75) is 26.2 Å². The second-order valence-corrected chi connectivity index (χ2v) is 6.90. The highest BCUT2D eigenvalue weighted by molar-refractivity contribution is 6.03. The summed E-state index contributed by atoms with van der Waals surface area (Å²) in [7, 11) is 1.58. The topological polar surface area (TPSA) is 67.4 Å². The first-order chi connectivity index (χ1) is 12.5. The van der Waals surface area contributed by atoms with E-state index in [1.807, 2.05) is 36.4 Å². The molecule has 0 aliphatic heterocycles. The number of carbonyl (C=O) groups excluding carboxylic acids is 2. The van der Waals surface area contributed by atoms with Gasteiger partial charge in [-0.1, -0.05) is 38.1 Å². The fraction of sp³-hybridized carbons (Fsp3) is 0.333. The minimum Gasteiger partial charge on any atom is -0.497 e. The van der Waals surface area contributed by atoms with Gasteiger partial charge < -0.3 is 15.4 Å². The van der Waals surface area contributed by atoms with E-state index < -0.39 is 0 Å². The molecule has 0 spiro atoms. The van der Waals surface area contributed by atoms with E-state index in [0.717, 1.165) is 11.3 Å². The zero-order chi connectivity index (χ0) is 18.7. The summed E-state index contributed by atoms with van der Waals surface area (Å²) >= 11 is 0. The van der Waals surface area contributed by atoms with Gasteiger partial charge in [-0.25, -0.2) is 0 Å². The van der Waals surface area contributed by atoms with Gasteiger partial charge in [-0.15, -0.1) is 0 Å². The lowest BCUT2D eigenvalue weighted by molar-refractivity contribution is -0.122. The third kappa shape index (κ3) is 4.04. The van der Waals surface area contributed by atoms with E-state index in [1.165, 1.54) is 0 Å². The van der Waals surface area contributed by atoms with Crippen molar-refractivity contribution in [3.05, 3.63) is 54.1 Å². The van der Waals surface area contributed by atoms with Gasteiger partial charge in [-0.2, -0.15) is 0 Å². The van der Waals surface area contributed by atoms with Crippen LogP contribution in [0.25, 0.3) is 0 Å². The Morgan fingerprint density at radius 2 is 1.69 bits per heavy atom. The van der Waals surface area contributed by atoms with E-state index in [9.17, 15) is 9.59 Å². The second kappa shape index (κ2) is 7.60. The molecule has 1 fully saturated rings. The van der Waals surface area contributed by atoms with Crippen molar-refractivity contribution in [2.75, 3.05) is 17.7 Å². The van der Waals surface area contributed by atoms with E-state index in [1.54, 1.807) is 19.2 Å². The Bertz CT molecular complexity index is 816. The second-order valence-electron chi connectivity index (χ2n) is 6.90. The van der Waals surface area contributed by atoms with Gasteiger partial charge in [0.2, 0.25) is 11.8 Å². The van der Waals surface area contributed by atoms with E-state index in [0.29, 0.717) is 23.8 Å². The van der Waals surface area contributed by atoms with Crippen LogP contribution in [0.3, 0.4) is 0 Å². The standard InChI is InChI=1S/C21H24N2O3/c1-13(2)16-9-4-5-10-19(16)23-21(25)18-12-17(18)20(24)22-14-7-6-8-15(11-14)26-3/h4-11,13,17-18H,12H2,1-3H3,(H,22,24)(H,23,25). The van der Waals surface area contributed by atoms with Crippen LogP contribution in [0.15, 0.2) is 48.5 Å². The molecule has 5 heteroatoms. The quantitative estimate of drug-likeness (QED) is 0.825. The maximum atomic E-state index is 12.5. The predicted octanol–water partition coefficient (Wildman–Crippen LogP) is 4.03. The number of benzene rings is 2. The summed E-state index contributed by atoms with van der Waals surface area (Å²) in [5.74, 6) is 0.212. The Labute approximate surface area is 153 Å². The van der Waals surface area contributed by atoms with Crippen LogP contribution in [0.5, 0.6) is 5.75 Å². The van der Waals surface area contributed by atoms with Crippen molar-refractivity contribution < 1.29 is 14.3 Å². The van der Waals surface area contributed by atoms with Crippen molar-refractivity contribution >= 4 is 23.2 Å². The number of para-hydroxylation sites is 1. The Morgan fingerprint density at radius 3 is 2.38 bits per heavy atom. The summed E-state index contributed by atoms with van der Waals surface area (Å²) in [5, 5.41) is 5.84. The van der Waals surface area contributed by atoms with Crippen LogP contribution in [-0.4, -0.2) is 18.9 Å². The molecule has 0 aromatic heterocycles. The summed E-state index contributed by atoms with van der Waals surface area (Å²) in [4.78, 5) is 24.9. The number of amides is 2. The molecule has 0 bridgehead atoms. The van der Waals surface area contributed by atoms with Crippen LogP contribution in [0, 0.1) is 11.8 Å². The van der Waals surface area contributed by atoms with E-state index in [-0.39, 0.29) is 23.7 Å². The molecule has 1 saturated carbocycles. The molecular weight excluding hydrogens is 328 g/mol. The van der Waals surface area contributed by atoms with Gasteiger partial charge in [0.1, 0.15) is 5.75 Å². The van der Waals surface area contributed by atoms with Gasteiger partial charge in [0, 0.05) is 17.4 Å². The number of nitrogens with one attached hydrogen (secondary N) is 2. The highest BCUT2D eigenvalue weighted by atomic mass is 16.5. The molecule has 5 nitrogen and oxygen atoms in total. The molecule has 26 heavy (non-hydrogen) atoms. The van der Waals surface area contributed by atoms with Crippen molar-refractivity contribution in [1.29, 1.82) is 0 Å². The maximum absolute atomic E-state index is 12.5. The molecule has 1 aliphatic rings. The highest BCUT2D eigenvalue weighted by Gasteiger charge is 2.48. The predicted molar refractivity (Wildman–Crippen MR) is 102 cm³/mol. The molecule has 2 aromatic carbocycles. The summed E-state index contributed by atoms with van der Waals surface area (Å²) in [5.41, 5.74) is 2.59.